The number of fused-ring (bicyclic) bond motifs is 1. The Morgan fingerprint density at radius 1 is 1.33 bits per heavy atom. The highest BCUT2D eigenvalue weighted by Crippen LogP contribution is 2.35. The van der Waals surface area contributed by atoms with Gasteiger partial charge in [-0.1, -0.05) is 24.3 Å². The highest BCUT2D eigenvalue weighted by Gasteiger charge is 2.25. The van der Waals surface area contributed by atoms with Crippen LogP contribution in [-0.2, 0) is 0 Å². The van der Waals surface area contributed by atoms with E-state index in [4.69, 9.17) is 4.74 Å². The third-order valence-corrected chi connectivity index (χ3v) is 2.49. The average molecular weight is 206 g/mol. The summed E-state index contributed by atoms with van der Waals surface area (Å²) in [5, 5.41) is 19.4. The van der Waals surface area contributed by atoms with Crippen molar-refractivity contribution in [3.05, 3.63) is 35.4 Å². The second-order valence-corrected chi connectivity index (χ2v) is 3.49. The van der Waals surface area contributed by atoms with Gasteiger partial charge in [0.25, 0.3) is 0 Å². The van der Waals surface area contributed by atoms with Gasteiger partial charge < -0.3 is 14.9 Å². The van der Waals surface area contributed by atoms with E-state index in [0.29, 0.717) is 17.9 Å². The summed E-state index contributed by atoms with van der Waals surface area (Å²) in [6.07, 6.45) is 1.64. The third-order valence-electron chi connectivity index (χ3n) is 2.49. The minimum absolute atomic E-state index is 0.545. The summed E-state index contributed by atoms with van der Waals surface area (Å²) in [5.74, 6) is 0.644. The Kier molecular flexibility index (Phi) is 2.75. The fourth-order valence-electron chi connectivity index (χ4n) is 1.78. The van der Waals surface area contributed by atoms with E-state index in [-0.39, 0.29) is 0 Å². The summed E-state index contributed by atoms with van der Waals surface area (Å²) in [7, 11) is 0. The smallest absolute Gasteiger partial charge is 0.125 e. The molecule has 15 heavy (non-hydrogen) atoms. The van der Waals surface area contributed by atoms with Crippen LogP contribution < -0.4 is 4.74 Å². The summed E-state index contributed by atoms with van der Waals surface area (Å²) >= 11 is 0. The summed E-state index contributed by atoms with van der Waals surface area (Å²) < 4.78 is 5.42. The van der Waals surface area contributed by atoms with Crippen LogP contribution in [0.2, 0.25) is 0 Å². The molecule has 0 amide bonds. The predicted molar refractivity (Wildman–Crippen MR) is 57.6 cm³/mol. The van der Waals surface area contributed by atoms with Crippen LogP contribution in [0.1, 0.15) is 24.2 Å². The molecule has 0 radical (unpaired) electrons. The quantitative estimate of drug-likeness (QED) is 0.771. The molecule has 2 unspecified atom stereocenters. The first kappa shape index (κ1) is 10.2. The van der Waals surface area contributed by atoms with Crippen LogP contribution in [0.4, 0.5) is 0 Å². The molecular weight excluding hydrogens is 192 g/mol. The fraction of sp³-hybridized carbons (Fsp3) is 0.333. The normalized spacial score (nSPS) is 23.7. The zero-order valence-electron chi connectivity index (χ0n) is 8.55. The van der Waals surface area contributed by atoms with Crippen LogP contribution in [0.5, 0.6) is 5.75 Å². The van der Waals surface area contributed by atoms with Crippen molar-refractivity contribution in [2.45, 2.75) is 19.1 Å². The van der Waals surface area contributed by atoms with Crippen LogP contribution >= 0.6 is 0 Å². The standard InChI is InChI=1S/C12H14O3/c1-2-15-10-5-3-4-8-6-7-9(13)12(14)11(8)10/h3-7,9,12-14H,2H2,1H3. The molecule has 2 atom stereocenters. The van der Waals surface area contributed by atoms with E-state index >= 15 is 0 Å². The summed E-state index contributed by atoms with van der Waals surface area (Å²) in [6.45, 7) is 2.43. The Bertz CT molecular complexity index is 384. The van der Waals surface area contributed by atoms with Crippen LogP contribution in [-0.4, -0.2) is 22.9 Å². The average Bonchev–Trinajstić information content (AvgIpc) is 2.24. The van der Waals surface area contributed by atoms with Gasteiger partial charge in [-0.2, -0.15) is 0 Å². The van der Waals surface area contributed by atoms with E-state index in [1.807, 2.05) is 19.1 Å². The molecule has 1 aliphatic carbocycles. The zero-order chi connectivity index (χ0) is 10.8. The second kappa shape index (κ2) is 4.04. The van der Waals surface area contributed by atoms with Crippen molar-refractivity contribution < 1.29 is 14.9 Å². The molecule has 0 saturated carbocycles. The number of hydrogen-bond acceptors (Lipinski definition) is 3. The van der Waals surface area contributed by atoms with Crippen LogP contribution in [0.3, 0.4) is 0 Å². The monoisotopic (exact) mass is 206 g/mol. The van der Waals surface area contributed by atoms with Gasteiger partial charge in [-0.05, 0) is 18.6 Å². The Morgan fingerprint density at radius 2 is 2.13 bits per heavy atom. The van der Waals surface area contributed by atoms with Crippen molar-refractivity contribution in [2.75, 3.05) is 6.61 Å². The largest absolute Gasteiger partial charge is 0.493 e. The number of benzene rings is 1. The first-order valence-corrected chi connectivity index (χ1v) is 5.04. The predicted octanol–water partition coefficient (Wildman–Crippen LogP) is 1.51. The molecule has 3 heteroatoms. The van der Waals surface area contributed by atoms with Gasteiger partial charge in [-0.25, -0.2) is 0 Å². The van der Waals surface area contributed by atoms with Gasteiger partial charge >= 0.3 is 0 Å². The second-order valence-electron chi connectivity index (χ2n) is 3.49. The first-order chi connectivity index (χ1) is 7.24. The first-order valence-electron chi connectivity index (χ1n) is 5.04. The fourth-order valence-corrected chi connectivity index (χ4v) is 1.78. The van der Waals surface area contributed by atoms with Crippen LogP contribution in [0, 0.1) is 0 Å². The zero-order valence-corrected chi connectivity index (χ0v) is 8.55. The number of hydrogen-bond donors (Lipinski definition) is 2. The topological polar surface area (TPSA) is 49.7 Å². The lowest BCUT2D eigenvalue weighted by Crippen LogP contribution is -2.20. The molecule has 0 saturated heterocycles. The van der Waals surface area contributed by atoms with Gasteiger partial charge in [0, 0.05) is 5.56 Å². The lowest BCUT2D eigenvalue weighted by atomic mass is 9.92. The van der Waals surface area contributed by atoms with E-state index < -0.39 is 12.2 Å². The van der Waals surface area contributed by atoms with Crippen molar-refractivity contribution >= 4 is 6.08 Å². The SMILES string of the molecule is CCOc1cccc2c1C(O)C(O)C=C2. The summed E-state index contributed by atoms with van der Waals surface area (Å²) in [4.78, 5) is 0. The molecule has 0 aromatic heterocycles. The summed E-state index contributed by atoms with van der Waals surface area (Å²) in [6, 6.07) is 5.57. The minimum atomic E-state index is -0.896. The molecule has 80 valence electrons. The molecule has 0 bridgehead atoms. The molecule has 1 aromatic rings. The molecule has 1 aromatic carbocycles. The lowest BCUT2D eigenvalue weighted by molar-refractivity contribution is 0.0449. The molecule has 3 nitrogen and oxygen atoms in total. The maximum Gasteiger partial charge on any atom is 0.125 e. The van der Waals surface area contributed by atoms with Crippen LogP contribution in [0.25, 0.3) is 6.08 Å². The van der Waals surface area contributed by atoms with E-state index in [2.05, 4.69) is 0 Å². The highest BCUT2D eigenvalue weighted by molar-refractivity contribution is 5.62. The number of rotatable bonds is 2. The number of aliphatic hydroxyl groups is 2. The van der Waals surface area contributed by atoms with Gasteiger partial charge in [0.15, 0.2) is 0 Å². The van der Waals surface area contributed by atoms with Crippen molar-refractivity contribution in [3.8, 4) is 5.75 Å². The molecule has 2 N–H and O–H groups in total. The van der Waals surface area contributed by atoms with Crippen LogP contribution in [0.15, 0.2) is 24.3 Å². The van der Waals surface area contributed by atoms with Gasteiger partial charge in [0.2, 0.25) is 0 Å². The maximum atomic E-state index is 9.86. The Morgan fingerprint density at radius 3 is 2.87 bits per heavy atom. The molecule has 0 aliphatic heterocycles. The number of aliphatic hydroxyl groups excluding tert-OH is 2. The van der Waals surface area contributed by atoms with Crippen molar-refractivity contribution in [3.63, 3.8) is 0 Å². The maximum absolute atomic E-state index is 9.86. The van der Waals surface area contributed by atoms with E-state index in [9.17, 15) is 10.2 Å². The molecule has 0 fully saturated rings. The van der Waals surface area contributed by atoms with Gasteiger partial charge in [-0.3, -0.25) is 0 Å². The van der Waals surface area contributed by atoms with Crippen molar-refractivity contribution in [1.82, 2.24) is 0 Å². The molecule has 0 spiro atoms. The minimum Gasteiger partial charge on any atom is -0.493 e. The van der Waals surface area contributed by atoms with Gasteiger partial charge in [0.1, 0.15) is 18.0 Å². The molecule has 1 aliphatic rings. The van der Waals surface area contributed by atoms with Gasteiger partial charge in [0.05, 0.1) is 6.61 Å². The summed E-state index contributed by atoms with van der Waals surface area (Å²) in [5.41, 5.74) is 1.58. The Hall–Kier alpha value is -1.32. The van der Waals surface area contributed by atoms with E-state index in [0.717, 1.165) is 5.56 Å². The molecule has 0 heterocycles. The van der Waals surface area contributed by atoms with Crippen molar-refractivity contribution in [2.24, 2.45) is 0 Å². The van der Waals surface area contributed by atoms with Crippen molar-refractivity contribution in [1.29, 1.82) is 0 Å². The van der Waals surface area contributed by atoms with E-state index in [1.165, 1.54) is 0 Å². The lowest BCUT2D eigenvalue weighted by Gasteiger charge is -2.24. The number of ether oxygens (including phenoxy) is 1. The van der Waals surface area contributed by atoms with Gasteiger partial charge in [-0.15, -0.1) is 0 Å². The Labute approximate surface area is 88.6 Å². The molecule has 2 rings (SSSR count). The van der Waals surface area contributed by atoms with E-state index in [1.54, 1.807) is 18.2 Å². The highest BCUT2D eigenvalue weighted by atomic mass is 16.5. The third kappa shape index (κ3) is 1.76. The molecular formula is C12H14O3. The Balaban J connectivity index is 2.49.